The van der Waals surface area contributed by atoms with Crippen molar-refractivity contribution in [2.24, 2.45) is 0 Å². The summed E-state index contributed by atoms with van der Waals surface area (Å²) in [5.74, 6) is 0. The maximum Gasteiger partial charge on any atom is 0.390 e. The molecule has 0 saturated carbocycles. The molecule has 0 radical (unpaired) electrons. The van der Waals surface area contributed by atoms with Crippen molar-refractivity contribution in [2.75, 3.05) is 7.05 Å². The highest BCUT2D eigenvalue weighted by Crippen LogP contribution is 2.31. The molecule has 0 aromatic heterocycles. The van der Waals surface area contributed by atoms with Gasteiger partial charge >= 0.3 is 6.18 Å². The molecule has 1 unspecified atom stereocenters. The summed E-state index contributed by atoms with van der Waals surface area (Å²) in [5.41, 5.74) is 3.24. The molecule has 1 aromatic carbocycles. The van der Waals surface area contributed by atoms with Gasteiger partial charge in [-0.15, -0.1) is 0 Å². The van der Waals surface area contributed by atoms with Crippen molar-refractivity contribution < 1.29 is 13.2 Å². The van der Waals surface area contributed by atoms with Crippen molar-refractivity contribution >= 4 is 0 Å². The first kappa shape index (κ1) is 12.4. The second kappa shape index (κ2) is 4.69. The molecule has 4 heteroatoms. The summed E-state index contributed by atoms with van der Waals surface area (Å²) < 4.78 is 37.2. The van der Waals surface area contributed by atoms with Crippen LogP contribution < -0.4 is 5.32 Å². The Morgan fingerprint density at radius 1 is 1.24 bits per heavy atom. The van der Waals surface area contributed by atoms with Crippen LogP contribution in [-0.2, 0) is 12.8 Å². The molecule has 1 aliphatic rings. The van der Waals surface area contributed by atoms with E-state index in [0.29, 0.717) is 0 Å². The van der Waals surface area contributed by atoms with E-state index in [9.17, 15) is 13.2 Å². The Balaban J connectivity index is 2.20. The molecular weight excluding hydrogens is 227 g/mol. The maximum absolute atomic E-state index is 12.4. The van der Waals surface area contributed by atoms with Crippen LogP contribution in [0.25, 0.3) is 0 Å². The van der Waals surface area contributed by atoms with E-state index in [1.165, 1.54) is 11.1 Å². The van der Waals surface area contributed by atoms with Gasteiger partial charge < -0.3 is 5.32 Å². The monoisotopic (exact) mass is 243 g/mol. The van der Waals surface area contributed by atoms with E-state index in [2.05, 4.69) is 5.32 Å². The van der Waals surface area contributed by atoms with Crippen LogP contribution in [0.1, 0.15) is 35.6 Å². The Labute approximate surface area is 99.0 Å². The summed E-state index contributed by atoms with van der Waals surface area (Å²) in [7, 11) is 1.57. The van der Waals surface area contributed by atoms with Gasteiger partial charge in [-0.3, -0.25) is 0 Å². The topological polar surface area (TPSA) is 12.0 Å². The zero-order valence-electron chi connectivity index (χ0n) is 9.77. The van der Waals surface area contributed by atoms with Crippen LogP contribution >= 0.6 is 0 Å². The summed E-state index contributed by atoms with van der Waals surface area (Å²) in [6, 6.07) is 5.07. The number of fused-ring (bicyclic) bond motifs is 1. The molecule has 0 saturated heterocycles. The first-order valence-corrected chi connectivity index (χ1v) is 5.85. The number of halogens is 3. The van der Waals surface area contributed by atoms with E-state index in [1.807, 2.05) is 18.2 Å². The Morgan fingerprint density at radius 2 is 1.94 bits per heavy atom. The van der Waals surface area contributed by atoms with E-state index in [0.717, 1.165) is 24.8 Å². The molecule has 0 fully saturated rings. The third-order valence-corrected chi connectivity index (χ3v) is 3.31. The van der Waals surface area contributed by atoms with Crippen LogP contribution in [0.5, 0.6) is 0 Å². The molecule has 0 spiro atoms. The van der Waals surface area contributed by atoms with Gasteiger partial charge in [-0.1, -0.05) is 18.2 Å². The van der Waals surface area contributed by atoms with Crippen LogP contribution in [0.2, 0.25) is 0 Å². The molecule has 0 amide bonds. The summed E-state index contributed by atoms with van der Waals surface area (Å²) in [6.45, 7) is 0. The Bertz CT molecular complexity index is 398. The molecule has 17 heavy (non-hydrogen) atoms. The number of hydrogen-bond acceptors (Lipinski definition) is 1. The number of hydrogen-bond donors (Lipinski definition) is 1. The van der Waals surface area contributed by atoms with Gasteiger partial charge in [0.25, 0.3) is 0 Å². The number of benzene rings is 1. The smallest absolute Gasteiger partial charge is 0.313 e. The molecule has 1 atom stereocenters. The SMILES string of the molecule is CNC(CC(F)(F)F)c1ccc2c(c1)CCC2. The van der Waals surface area contributed by atoms with E-state index < -0.39 is 18.6 Å². The molecule has 0 bridgehead atoms. The van der Waals surface area contributed by atoms with E-state index in [-0.39, 0.29) is 0 Å². The zero-order valence-corrected chi connectivity index (χ0v) is 9.77. The van der Waals surface area contributed by atoms with Gasteiger partial charge in [0.05, 0.1) is 6.42 Å². The first-order chi connectivity index (χ1) is 7.99. The predicted octanol–water partition coefficient (Wildman–Crippen LogP) is 3.39. The maximum atomic E-state index is 12.4. The van der Waals surface area contributed by atoms with Gasteiger partial charge in [0.15, 0.2) is 0 Å². The van der Waals surface area contributed by atoms with Gasteiger partial charge in [0.2, 0.25) is 0 Å². The second-order valence-corrected chi connectivity index (χ2v) is 4.54. The lowest BCUT2D eigenvalue weighted by molar-refractivity contribution is -0.140. The number of nitrogens with one attached hydrogen (secondary N) is 1. The van der Waals surface area contributed by atoms with E-state index in [1.54, 1.807) is 7.05 Å². The lowest BCUT2D eigenvalue weighted by Gasteiger charge is -2.19. The zero-order chi connectivity index (χ0) is 12.5. The third kappa shape index (κ3) is 3.00. The van der Waals surface area contributed by atoms with Gasteiger partial charge in [-0.2, -0.15) is 13.2 Å². The lowest BCUT2D eigenvalue weighted by atomic mass is 9.99. The quantitative estimate of drug-likeness (QED) is 0.858. The Morgan fingerprint density at radius 3 is 2.59 bits per heavy atom. The molecule has 0 heterocycles. The van der Waals surface area contributed by atoms with Crippen molar-refractivity contribution in [2.45, 2.75) is 37.9 Å². The minimum absolute atomic E-state index is 0.638. The number of rotatable bonds is 3. The number of alkyl halides is 3. The largest absolute Gasteiger partial charge is 0.390 e. The molecule has 1 aliphatic carbocycles. The highest BCUT2D eigenvalue weighted by atomic mass is 19.4. The fraction of sp³-hybridized carbons (Fsp3) is 0.538. The fourth-order valence-electron chi connectivity index (χ4n) is 2.43. The van der Waals surface area contributed by atoms with Crippen LogP contribution in [0, 0.1) is 0 Å². The van der Waals surface area contributed by atoms with Crippen molar-refractivity contribution in [3.63, 3.8) is 0 Å². The van der Waals surface area contributed by atoms with Gasteiger partial charge in [-0.05, 0) is 43.0 Å². The van der Waals surface area contributed by atoms with Crippen LogP contribution in [0.15, 0.2) is 18.2 Å². The van der Waals surface area contributed by atoms with E-state index >= 15 is 0 Å². The Kier molecular flexibility index (Phi) is 3.43. The molecule has 1 aromatic rings. The van der Waals surface area contributed by atoms with E-state index in [4.69, 9.17) is 0 Å². The lowest BCUT2D eigenvalue weighted by Crippen LogP contribution is -2.23. The highest BCUT2D eigenvalue weighted by Gasteiger charge is 2.32. The predicted molar refractivity (Wildman–Crippen MR) is 60.9 cm³/mol. The highest BCUT2D eigenvalue weighted by molar-refractivity contribution is 5.36. The van der Waals surface area contributed by atoms with Gasteiger partial charge in [0, 0.05) is 6.04 Å². The molecule has 1 N–H and O–H groups in total. The standard InChI is InChI=1S/C13H16F3N/c1-17-12(8-13(14,15)16)11-6-5-9-3-2-4-10(9)7-11/h5-7,12,17H,2-4,8H2,1H3. The van der Waals surface area contributed by atoms with Crippen LogP contribution in [-0.4, -0.2) is 13.2 Å². The van der Waals surface area contributed by atoms with Crippen molar-refractivity contribution in [1.29, 1.82) is 0 Å². The van der Waals surface area contributed by atoms with Crippen molar-refractivity contribution in [3.8, 4) is 0 Å². The average Bonchev–Trinajstić information content (AvgIpc) is 2.71. The second-order valence-electron chi connectivity index (χ2n) is 4.54. The Hall–Kier alpha value is -1.03. The summed E-state index contributed by atoms with van der Waals surface area (Å²) >= 11 is 0. The van der Waals surface area contributed by atoms with Crippen LogP contribution in [0.4, 0.5) is 13.2 Å². The molecule has 94 valence electrons. The van der Waals surface area contributed by atoms with Gasteiger partial charge in [-0.25, -0.2) is 0 Å². The molecular formula is C13H16F3N. The molecule has 2 rings (SSSR count). The molecule has 1 nitrogen and oxygen atoms in total. The number of aryl methyl sites for hydroxylation is 2. The molecule has 0 aliphatic heterocycles. The minimum Gasteiger partial charge on any atom is -0.313 e. The van der Waals surface area contributed by atoms with Gasteiger partial charge in [0.1, 0.15) is 0 Å². The minimum atomic E-state index is -4.13. The van der Waals surface area contributed by atoms with Crippen molar-refractivity contribution in [1.82, 2.24) is 5.32 Å². The first-order valence-electron chi connectivity index (χ1n) is 5.85. The normalized spacial score (nSPS) is 16.9. The average molecular weight is 243 g/mol. The fourth-order valence-corrected chi connectivity index (χ4v) is 2.43. The summed E-state index contributed by atoms with van der Waals surface area (Å²) in [4.78, 5) is 0. The summed E-state index contributed by atoms with van der Waals surface area (Å²) in [6.07, 6.45) is -1.79. The summed E-state index contributed by atoms with van der Waals surface area (Å²) in [5, 5.41) is 2.75. The van der Waals surface area contributed by atoms with Crippen molar-refractivity contribution in [3.05, 3.63) is 34.9 Å². The third-order valence-electron chi connectivity index (χ3n) is 3.31. The van der Waals surface area contributed by atoms with Crippen LogP contribution in [0.3, 0.4) is 0 Å².